The van der Waals surface area contributed by atoms with Gasteiger partial charge in [-0.15, -0.1) is 0 Å². The number of para-hydroxylation sites is 2. The van der Waals surface area contributed by atoms with Crippen molar-refractivity contribution in [2.45, 2.75) is 20.0 Å². The number of hydrogen-bond acceptors (Lipinski definition) is 4. The van der Waals surface area contributed by atoms with Crippen molar-refractivity contribution in [1.82, 2.24) is 24.1 Å². The molecular formula is C27H20ClN5O. The first kappa shape index (κ1) is 20.6. The molecule has 0 aliphatic rings. The molecule has 0 unspecified atom stereocenters. The van der Waals surface area contributed by atoms with Crippen LogP contribution in [-0.2, 0) is 13.1 Å². The highest BCUT2D eigenvalue weighted by Gasteiger charge is 2.20. The molecule has 0 saturated heterocycles. The minimum atomic E-state index is -0.165. The summed E-state index contributed by atoms with van der Waals surface area (Å²) in [5.41, 5.74) is 6.28. The van der Waals surface area contributed by atoms with Crippen molar-refractivity contribution in [3.05, 3.63) is 111 Å². The number of rotatable bonds is 4. The summed E-state index contributed by atoms with van der Waals surface area (Å²) in [6.45, 7) is 2.92. The van der Waals surface area contributed by atoms with E-state index < -0.39 is 0 Å². The quantitative estimate of drug-likeness (QED) is 0.352. The molecule has 0 N–H and O–H groups in total. The summed E-state index contributed by atoms with van der Waals surface area (Å²) in [5, 5.41) is 1.08. The first-order chi connectivity index (χ1) is 16.6. The Balaban J connectivity index is 1.61. The maximum absolute atomic E-state index is 13.7. The molecule has 0 bridgehead atoms. The van der Waals surface area contributed by atoms with Crippen LogP contribution in [0.4, 0.5) is 0 Å². The highest BCUT2D eigenvalue weighted by molar-refractivity contribution is 6.31. The number of aryl methyl sites for hydroxylation is 1. The maximum atomic E-state index is 13.7. The molecule has 0 aliphatic carbocycles. The van der Waals surface area contributed by atoms with Gasteiger partial charge in [0.05, 0.1) is 24.1 Å². The van der Waals surface area contributed by atoms with E-state index in [9.17, 15) is 4.79 Å². The molecule has 34 heavy (non-hydrogen) atoms. The lowest BCUT2D eigenvalue weighted by Gasteiger charge is -2.09. The van der Waals surface area contributed by atoms with E-state index in [0.717, 1.165) is 22.2 Å². The first-order valence-corrected chi connectivity index (χ1v) is 11.4. The Hall–Kier alpha value is -4.03. The SMILES string of the molecule is Cc1ccc(Cn2c3nc4ccccc4nc3c3c(=O)n(Cc4ccccc4Cl)cnc32)cc1. The van der Waals surface area contributed by atoms with E-state index in [2.05, 4.69) is 31.2 Å². The Morgan fingerprint density at radius 2 is 1.53 bits per heavy atom. The lowest BCUT2D eigenvalue weighted by molar-refractivity contribution is 0.742. The second kappa shape index (κ2) is 8.08. The number of hydrogen-bond donors (Lipinski definition) is 0. The molecule has 0 saturated carbocycles. The van der Waals surface area contributed by atoms with Crippen LogP contribution in [0.25, 0.3) is 33.2 Å². The van der Waals surface area contributed by atoms with Crippen LogP contribution in [0.1, 0.15) is 16.7 Å². The topological polar surface area (TPSA) is 65.6 Å². The average molecular weight is 466 g/mol. The van der Waals surface area contributed by atoms with Gasteiger partial charge in [-0.05, 0) is 36.2 Å². The van der Waals surface area contributed by atoms with Crippen molar-refractivity contribution in [2.24, 2.45) is 0 Å². The van der Waals surface area contributed by atoms with Gasteiger partial charge in [0.15, 0.2) is 11.3 Å². The molecule has 6 aromatic rings. The number of fused-ring (bicyclic) bond motifs is 4. The largest absolute Gasteiger partial charge is 0.304 e. The number of halogens is 1. The van der Waals surface area contributed by atoms with E-state index in [1.807, 2.05) is 53.1 Å². The highest BCUT2D eigenvalue weighted by Crippen LogP contribution is 2.26. The van der Waals surface area contributed by atoms with Crippen molar-refractivity contribution in [3.8, 4) is 0 Å². The zero-order valence-corrected chi connectivity index (χ0v) is 19.2. The van der Waals surface area contributed by atoms with Crippen molar-refractivity contribution in [3.63, 3.8) is 0 Å². The van der Waals surface area contributed by atoms with E-state index in [0.29, 0.717) is 40.3 Å². The molecule has 3 aromatic heterocycles. The Morgan fingerprint density at radius 1 is 0.824 bits per heavy atom. The monoisotopic (exact) mass is 465 g/mol. The Bertz CT molecular complexity index is 1750. The molecule has 0 fully saturated rings. The molecule has 0 aliphatic heterocycles. The molecule has 0 radical (unpaired) electrons. The van der Waals surface area contributed by atoms with Crippen LogP contribution in [0.3, 0.4) is 0 Å². The van der Waals surface area contributed by atoms with Crippen molar-refractivity contribution < 1.29 is 0 Å². The highest BCUT2D eigenvalue weighted by atomic mass is 35.5. The van der Waals surface area contributed by atoms with Gasteiger partial charge in [0, 0.05) is 5.02 Å². The van der Waals surface area contributed by atoms with Crippen LogP contribution in [0.5, 0.6) is 0 Å². The van der Waals surface area contributed by atoms with Gasteiger partial charge in [0.25, 0.3) is 5.56 Å². The lowest BCUT2D eigenvalue weighted by atomic mass is 10.1. The Kier molecular flexibility index (Phi) is 4.89. The van der Waals surface area contributed by atoms with Gasteiger partial charge in [-0.2, -0.15) is 0 Å². The van der Waals surface area contributed by atoms with E-state index >= 15 is 0 Å². The molecule has 7 heteroatoms. The van der Waals surface area contributed by atoms with Gasteiger partial charge in [0.1, 0.15) is 17.2 Å². The van der Waals surface area contributed by atoms with Gasteiger partial charge in [-0.1, -0.05) is 71.8 Å². The van der Waals surface area contributed by atoms with Crippen LogP contribution >= 0.6 is 11.6 Å². The molecule has 0 spiro atoms. The normalized spacial score (nSPS) is 11.6. The zero-order valence-electron chi connectivity index (χ0n) is 18.4. The molecule has 0 atom stereocenters. The molecule has 0 amide bonds. The predicted molar refractivity (Wildman–Crippen MR) is 135 cm³/mol. The molecular weight excluding hydrogens is 446 g/mol. The first-order valence-electron chi connectivity index (χ1n) is 11.0. The summed E-state index contributed by atoms with van der Waals surface area (Å²) >= 11 is 6.35. The third-order valence-corrected chi connectivity index (χ3v) is 6.45. The Morgan fingerprint density at radius 3 is 2.29 bits per heavy atom. The van der Waals surface area contributed by atoms with Crippen LogP contribution in [0.15, 0.2) is 83.9 Å². The van der Waals surface area contributed by atoms with Crippen LogP contribution in [0.2, 0.25) is 5.02 Å². The second-order valence-electron chi connectivity index (χ2n) is 8.42. The maximum Gasteiger partial charge on any atom is 0.265 e. The minimum Gasteiger partial charge on any atom is -0.304 e. The van der Waals surface area contributed by atoms with Gasteiger partial charge >= 0.3 is 0 Å². The third-order valence-electron chi connectivity index (χ3n) is 6.08. The second-order valence-corrected chi connectivity index (χ2v) is 8.83. The molecule has 6 rings (SSSR count). The summed E-state index contributed by atoms with van der Waals surface area (Å²) < 4.78 is 3.56. The summed E-state index contributed by atoms with van der Waals surface area (Å²) in [6, 6.07) is 23.5. The minimum absolute atomic E-state index is 0.165. The van der Waals surface area contributed by atoms with E-state index in [1.54, 1.807) is 10.9 Å². The molecule has 3 heterocycles. The summed E-state index contributed by atoms with van der Waals surface area (Å²) in [7, 11) is 0. The van der Waals surface area contributed by atoms with Gasteiger partial charge < -0.3 is 4.57 Å². The zero-order chi connectivity index (χ0) is 23.2. The Labute approximate surface area is 200 Å². The third kappa shape index (κ3) is 3.43. The molecule has 6 nitrogen and oxygen atoms in total. The predicted octanol–water partition coefficient (Wildman–Crippen LogP) is 5.35. The fourth-order valence-corrected chi connectivity index (χ4v) is 4.48. The van der Waals surface area contributed by atoms with Gasteiger partial charge in [-0.25, -0.2) is 15.0 Å². The number of aromatic nitrogens is 5. The van der Waals surface area contributed by atoms with Crippen LogP contribution in [-0.4, -0.2) is 24.1 Å². The standard InChI is InChI=1S/C27H20ClN5O/c1-17-10-12-18(13-11-17)14-33-25-23(24-26(33)31-22-9-5-4-8-21(22)30-24)27(34)32(16-29-25)15-19-6-2-3-7-20(19)28/h2-13,16H,14-15H2,1H3. The van der Waals surface area contributed by atoms with Crippen molar-refractivity contribution in [2.75, 3.05) is 0 Å². The summed E-state index contributed by atoms with van der Waals surface area (Å²) in [5.74, 6) is 0. The lowest BCUT2D eigenvalue weighted by Crippen LogP contribution is -2.21. The van der Waals surface area contributed by atoms with E-state index in [4.69, 9.17) is 26.6 Å². The van der Waals surface area contributed by atoms with Gasteiger partial charge in [-0.3, -0.25) is 9.36 Å². The van der Waals surface area contributed by atoms with Gasteiger partial charge in [0.2, 0.25) is 0 Å². The fraction of sp³-hybridized carbons (Fsp3) is 0.111. The van der Waals surface area contributed by atoms with Crippen molar-refractivity contribution in [1.29, 1.82) is 0 Å². The summed E-state index contributed by atoms with van der Waals surface area (Å²) in [4.78, 5) is 28.2. The smallest absolute Gasteiger partial charge is 0.265 e. The van der Waals surface area contributed by atoms with E-state index in [-0.39, 0.29) is 5.56 Å². The fourth-order valence-electron chi connectivity index (χ4n) is 4.29. The number of nitrogens with zero attached hydrogens (tertiary/aromatic N) is 5. The molecule has 166 valence electrons. The van der Waals surface area contributed by atoms with Crippen molar-refractivity contribution >= 4 is 44.8 Å². The van der Waals surface area contributed by atoms with E-state index in [1.165, 1.54) is 5.56 Å². The average Bonchev–Trinajstić information content (AvgIpc) is 3.15. The summed E-state index contributed by atoms with van der Waals surface area (Å²) in [6.07, 6.45) is 1.58. The number of benzene rings is 3. The molecule has 3 aromatic carbocycles. The van der Waals surface area contributed by atoms with Crippen LogP contribution in [0, 0.1) is 6.92 Å². The van der Waals surface area contributed by atoms with Crippen LogP contribution < -0.4 is 5.56 Å².